The first-order valence-electron chi connectivity index (χ1n) is 7.97. The van der Waals surface area contributed by atoms with Gasteiger partial charge in [0.25, 0.3) is 11.6 Å². The van der Waals surface area contributed by atoms with Gasteiger partial charge >= 0.3 is 0 Å². The Labute approximate surface area is 160 Å². The molecule has 7 nitrogen and oxygen atoms in total. The van der Waals surface area contributed by atoms with Crippen LogP contribution in [0.3, 0.4) is 0 Å². The van der Waals surface area contributed by atoms with Gasteiger partial charge in [-0.15, -0.1) is 0 Å². The summed E-state index contributed by atoms with van der Waals surface area (Å²) >= 11 is 5.15. The van der Waals surface area contributed by atoms with E-state index in [-0.39, 0.29) is 22.3 Å². The van der Waals surface area contributed by atoms with Crippen LogP contribution < -0.4 is 10.6 Å². The zero-order chi connectivity index (χ0) is 19.4. The summed E-state index contributed by atoms with van der Waals surface area (Å²) in [6.45, 7) is 1.92. The summed E-state index contributed by atoms with van der Waals surface area (Å²) in [6, 6.07) is 16.6. The molecule has 0 aliphatic carbocycles. The number of hydrogen-bond donors (Lipinski definition) is 2. The van der Waals surface area contributed by atoms with Gasteiger partial charge < -0.3 is 9.73 Å². The van der Waals surface area contributed by atoms with Gasteiger partial charge in [0.1, 0.15) is 5.76 Å². The van der Waals surface area contributed by atoms with Gasteiger partial charge in [0.2, 0.25) is 0 Å². The van der Waals surface area contributed by atoms with Crippen LogP contribution >= 0.6 is 12.2 Å². The number of aryl methyl sites for hydroxylation is 1. The van der Waals surface area contributed by atoms with E-state index >= 15 is 0 Å². The van der Waals surface area contributed by atoms with E-state index in [0.29, 0.717) is 5.56 Å². The molecule has 0 saturated carbocycles. The van der Waals surface area contributed by atoms with Crippen molar-refractivity contribution in [2.75, 3.05) is 5.32 Å². The molecule has 1 aromatic heterocycles. The molecule has 136 valence electrons. The number of nitro benzene ring substituents is 1. The molecule has 1 heterocycles. The van der Waals surface area contributed by atoms with Crippen molar-refractivity contribution in [3.05, 3.63) is 82.1 Å². The Morgan fingerprint density at radius 3 is 2.52 bits per heavy atom. The third-order valence-electron chi connectivity index (χ3n) is 3.82. The summed E-state index contributed by atoms with van der Waals surface area (Å²) in [4.78, 5) is 23.0. The first kappa shape index (κ1) is 18.3. The molecule has 0 spiro atoms. The maximum atomic E-state index is 12.3. The zero-order valence-electron chi connectivity index (χ0n) is 14.3. The van der Waals surface area contributed by atoms with Gasteiger partial charge in [-0.25, -0.2) is 0 Å². The lowest BCUT2D eigenvalue weighted by Gasteiger charge is -2.10. The summed E-state index contributed by atoms with van der Waals surface area (Å²) in [5.74, 6) is -0.326. The second kappa shape index (κ2) is 7.79. The zero-order valence-corrected chi connectivity index (χ0v) is 15.1. The van der Waals surface area contributed by atoms with Crippen LogP contribution in [0.15, 0.2) is 65.1 Å². The number of carbonyl (C=O) groups is 1. The molecule has 2 aromatic carbocycles. The van der Waals surface area contributed by atoms with Crippen molar-refractivity contribution < 1.29 is 14.1 Å². The lowest BCUT2D eigenvalue weighted by atomic mass is 10.1. The van der Waals surface area contributed by atoms with Gasteiger partial charge in [0, 0.05) is 11.8 Å². The fourth-order valence-corrected chi connectivity index (χ4v) is 2.68. The Hall–Kier alpha value is -3.52. The number of thiocarbonyl (C=S) groups is 1. The highest BCUT2D eigenvalue weighted by atomic mass is 32.1. The van der Waals surface area contributed by atoms with Crippen molar-refractivity contribution in [1.82, 2.24) is 5.32 Å². The summed E-state index contributed by atoms with van der Waals surface area (Å²) in [6.07, 6.45) is 0. The van der Waals surface area contributed by atoms with Gasteiger partial charge in [0.05, 0.1) is 10.5 Å². The highest BCUT2D eigenvalue weighted by Crippen LogP contribution is 2.30. The SMILES string of the molecule is Cc1ccccc1NC(=S)NC(=O)c1ccc(-c2ccccc2[N+](=O)[O-])o1. The molecule has 0 aliphatic rings. The maximum Gasteiger partial charge on any atom is 0.293 e. The van der Waals surface area contributed by atoms with Gasteiger partial charge in [-0.2, -0.15) is 0 Å². The molecule has 0 unspecified atom stereocenters. The van der Waals surface area contributed by atoms with Crippen LogP contribution in [0.4, 0.5) is 11.4 Å². The summed E-state index contributed by atoms with van der Waals surface area (Å²) < 4.78 is 5.49. The number of hydrogen-bond acceptors (Lipinski definition) is 5. The molecular weight excluding hydrogens is 366 g/mol. The highest BCUT2D eigenvalue weighted by Gasteiger charge is 2.19. The predicted octanol–water partition coefficient (Wildman–Crippen LogP) is 4.29. The van der Waals surface area contributed by atoms with Crippen LogP contribution in [0.1, 0.15) is 16.1 Å². The smallest absolute Gasteiger partial charge is 0.293 e. The molecule has 0 atom stereocenters. The Balaban J connectivity index is 1.73. The fourth-order valence-electron chi connectivity index (χ4n) is 2.48. The topological polar surface area (TPSA) is 97.4 Å². The summed E-state index contributed by atoms with van der Waals surface area (Å²) in [7, 11) is 0. The molecule has 0 bridgehead atoms. The van der Waals surface area contributed by atoms with Crippen molar-refractivity contribution in [2.45, 2.75) is 6.92 Å². The van der Waals surface area contributed by atoms with E-state index in [1.54, 1.807) is 18.2 Å². The molecule has 0 aliphatic heterocycles. The second-order valence-corrected chi connectivity index (χ2v) is 6.07. The summed E-state index contributed by atoms with van der Waals surface area (Å²) in [5, 5.41) is 16.7. The molecular formula is C19H15N3O4S. The van der Waals surface area contributed by atoms with Gasteiger partial charge in [0.15, 0.2) is 10.9 Å². The third-order valence-corrected chi connectivity index (χ3v) is 4.02. The number of nitrogens with one attached hydrogen (secondary N) is 2. The number of nitrogens with zero attached hydrogens (tertiary/aromatic N) is 1. The lowest BCUT2D eigenvalue weighted by molar-refractivity contribution is -0.384. The van der Waals surface area contributed by atoms with Crippen LogP contribution in [0.5, 0.6) is 0 Å². The minimum absolute atomic E-state index is 0.00270. The number of rotatable bonds is 4. The monoisotopic (exact) mass is 381 g/mol. The Morgan fingerprint density at radius 1 is 1.07 bits per heavy atom. The number of nitro groups is 1. The second-order valence-electron chi connectivity index (χ2n) is 5.66. The van der Waals surface area contributed by atoms with Gasteiger partial charge in [-0.3, -0.25) is 20.2 Å². The maximum absolute atomic E-state index is 12.3. The van der Waals surface area contributed by atoms with Gasteiger partial charge in [-0.1, -0.05) is 30.3 Å². The molecule has 8 heteroatoms. The third kappa shape index (κ3) is 4.18. The van der Waals surface area contributed by atoms with Crippen molar-refractivity contribution >= 4 is 34.6 Å². The largest absolute Gasteiger partial charge is 0.451 e. The van der Waals surface area contributed by atoms with E-state index in [1.165, 1.54) is 18.2 Å². The number of anilines is 1. The van der Waals surface area contributed by atoms with E-state index in [9.17, 15) is 14.9 Å². The molecule has 1 amide bonds. The molecule has 3 aromatic rings. The van der Waals surface area contributed by atoms with Crippen molar-refractivity contribution in [3.63, 3.8) is 0 Å². The number of carbonyl (C=O) groups excluding carboxylic acids is 1. The van der Waals surface area contributed by atoms with Crippen LogP contribution in [-0.2, 0) is 0 Å². The summed E-state index contributed by atoms with van der Waals surface area (Å²) in [5.41, 5.74) is 1.95. The average molecular weight is 381 g/mol. The van der Waals surface area contributed by atoms with E-state index in [0.717, 1.165) is 11.3 Å². The molecule has 0 fully saturated rings. The molecule has 3 rings (SSSR count). The lowest BCUT2D eigenvalue weighted by Crippen LogP contribution is -2.34. The first-order valence-corrected chi connectivity index (χ1v) is 8.38. The quantitative estimate of drug-likeness (QED) is 0.397. The molecule has 27 heavy (non-hydrogen) atoms. The Bertz CT molecular complexity index is 1030. The number of amides is 1. The van der Waals surface area contributed by atoms with Crippen LogP contribution in [0, 0.1) is 17.0 Å². The minimum atomic E-state index is -0.550. The normalized spacial score (nSPS) is 10.3. The highest BCUT2D eigenvalue weighted by molar-refractivity contribution is 7.80. The van der Waals surface area contributed by atoms with Crippen LogP contribution in [0.2, 0.25) is 0 Å². The predicted molar refractivity (Wildman–Crippen MR) is 106 cm³/mol. The van der Waals surface area contributed by atoms with Crippen molar-refractivity contribution in [3.8, 4) is 11.3 Å². The standard InChI is InChI=1S/C19H15N3O4S/c1-12-6-2-4-8-14(12)20-19(27)21-18(23)17-11-10-16(26-17)13-7-3-5-9-15(13)22(24)25/h2-11H,1H3,(H2,20,21,23,27). The Kier molecular flexibility index (Phi) is 5.28. The van der Waals surface area contributed by atoms with Crippen molar-refractivity contribution in [1.29, 1.82) is 0 Å². The molecule has 0 saturated heterocycles. The van der Waals surface area contributed by atoms with E-state index in [2.05, 4.69) is 10.6 Å². The number of para-hydroxylation sites is 2. The van der Waals surface area contributed by atoms with Crippen LogP contribution in [0.25, 0.3) is 11.3 Å². The molecule has 2 N–H and O–H groups in total. The fraction of sp³-hybridized carbons (Fsp3) is 0.0526. The Morgan fingerprint density at radius 2 is 1.78 bits per heavy atom. The minimum Gasteiger partial charge on any atom is -0.451 e. The van der Waals surface area contributed by atoms with E-state index < -0.39 is 10.8 Å². The van der Waals surface area contributed by atoms with Crippen molar-refractivity contribution in [2.24, 2.45) is 0 Å². The van der Waals surface area contributed by atoms with Crippen LogP contribution in [-0.4, -0.2) is 15.9 Å². The van der Waals surface area contributed by atoms with Gasteiger partial charge in [-0.05, 0) is 49.0 Å². The average Bonchev–Trinajstić information content (AvgIpc) is 3.14. The number of furan rings is 1. The first-order chi connectivity index (χ1) is 13.0. The van der Waals surface area contributed by atoms with E-state index in [1.807, 2.05) is 31.2 Å². The molecule has 0 radical (unpaired) electrons. The number of benzene rings is 2. The van der Waals surface area contributed by atoms with E-state index in [4.69, 9.17) is 16.6 Å².